The highest BCUT2D eigenvalue weighted by Crippen LogP contribution is 2.72. The maximum absolute atomic E-state index is 12.3. The summed E-state index contributed by atoms with van der Waals surface area (Å²) < 4.78 is 11.9. The zero-order chi connectivity index (χ0) is 24.4. The van der Waals surface area contributed by atoms with Gasteiger partial charge in [-0.2, -0.15) is 0 Å². The third kappa shape index (κ3) is 3.51. The average Bonchev–Trinajstić information content (AvgIpc) is 2.69. The molecule has 0 aromatic rings. The van der Waals surface area contributed by atoms with E-state index in [2.05, 4.69) is 34.6 Å². The molecule has 3 saturated carbocycles. The van der Waals surface area contributed by atoms with E-state index in [4.69, 9.17) is 9.47 Å². The first kappa shape index (κ1) is 24.5. The molecule has 0 aromatic heterocycles. The Bertz CT molecular complexity index is 874. The smallest absolute Gasteiger partial charge is 0.303 e. The molecule has 5 heteroatoms. The van der Waals surface area contributed by atoms with Gasteiger partial charge in [-0.1, -0.05) is 47.1 Å². The number of carbonyl (C=O) groups excluding carboxylic acids is 3. The number of rotatable bonds is 3. The highest BCUT2D eigenvalue weighted by molar-refractivity contribution is 5.77. The standard InChI is InChI=1S/C28H42O5/c1-17(30)32-23-15-22-26(5)13-8-12-25(3,4)20(26)11-14-27(22,6)21-10-9-19(16-29)24(28(21,23)7)33-18(2)31/h9,16,20-24H,8,10-15H2,1-7H3/t20-,21-,22-,23+,24+,26-,27-,28+/m0/s1. The molecule has 0 spiro atoms. The van der Waals surface area contributed by atoms with Crippen molar-refractivity contribution in [2.45, 2.75) is 106 Å². The first-order valence-electron chi connectivity index (χ1n) is 12.8. The van der Waals surface area contributed by atoms with Crippen LogP contribution in [-0.4, -0.2) is 30.4 Å². The molecule has 4 aliphatic rings. The van der Waals surface area contributed by atoms with Crippen LogP contribution in [-0.2, 0) is 23.9 Å². The molecule has 0 N–H and O–H groups in total. The highest BCUT2D eigenvalue weighted by Gasteiger charge is 2.69. The van der Waals surface area contributed by atoms with Crippen LogP contribution >= 0.6 is 0 Å². The van der Waals surface area contributed by atoms with Crippen molar-refractivity contribution in [3.8, 4) is 0 Å². The predicted octanol–water partition coefficient (Wildman–Crippen LogP) is 5.65. The highest BCUT2D eigenvalue weighted by atomic mass is 16.6. The number of hydrogen-bond acceptors (Lipinski definition) is 5. The van der Waals surface area contributed by atoms with Crippen LogP contribution < -0.4 is 0 Å². The van der Waals surface area contributed by atoms with Gasteiger partial charge in [-0.25, -0.2) is 0 Å². The van der Waals surface area contributed by atoms with Crippen LogP contribution in [0.15, 0.2) is 11.6 Å². The Morgan fingerprint density at radius 2 is 1.55 bits per heavy atom. The van der Waals surface area contributed by atoms with Gasteiger partial charge in [0.25, 0.3) is 0 Å². The van der Waals surface area contributed by atoms with Crippen molar-refractivity contribution in [3.63, 3.8) is 0 Å². The van der Waals surface area contributed by atoms with Gasteiger partial charge in [0, 0.05) is 24.8 Å². The Morgan fingerprint density at radius 1 is 0.909 bits per heavy atom. The molecule has 8 atom stereocenters. The summed E-state index contributed by atoms with van der Waals surface area (Å²) in [6.07, 6.45) is 9.24. The minimum absolute atomic E-state index is 0.0212. The average molecular weight is 459 g/mol. The van der Waals surface area contributed by atoms with Crippen molar-refractivity contribution in [2.75, 3.05) is 0 Å². The summed E-state index contributed by atoms with van der Waals surface area (Å²) >= 11 is 0. The lowest BCUT2D eigenvalue weighted by molar-refractivity contribution is -0.250. The summed E-state index contributed by atoms with van der Waals surface area (Å²) in [4.78, 5) is 36.4. The minimum atomic E-state index is -0.693. The van der Waals surface area contributed by atoms with Gasteiger partial charge in [-0.3, -0.25) is 14.4 Å². The summed E-state index contributed by atoms with van der Waals surface area (Å²) in [5, 5.41) is 0. The lowest BCUT2D eigenvalue weighted by Crippen LogP contribution is -2.68. The predicted molar refractivity (Wildman–Crippen MR) is 126 cm³/mol. The summed E-state index contributed by atoms with van der Waals surface area (Å²) in [6, 6.07) is 0. The molecular formula is C28H42O5. The lowest BCUT2D eigenvalue weighted by atomic mass is 9.35. The van der Waals surface area contributed by atoms with Gasteiger partial charge < -0.3 is 9.47 Å². The monoisotopic (exact) mass is 458 g/mol. The van der Waals surface area contributed by atoms with Crippen molar-refractivity contribution < 1.29 is 23.9 Å². The first-order chi connectivity index (χ1) is 15.3. The number of fused-ring (bicyclic) bond motifs is 5. The lowest BCUT2D eigenvalue weighted by Gasteiger charge is -2.70. The maximum atomic E-state index is 12.3. The van der Waals surface area contributed by atoms with E-state index in [1.807, 2.05) is 6.08 Å². The van der Waals surface area contributed by atoms with E-state index >= 15 is 0 Å². The Hall–Kier alpha value is -1.65. The SMILES string of the molecule is CC(=O)O[C@@H]1C(C=O)=CC[C@H]2[C@]3(C)CC[C@H]4C(C)(C)CCC[C@]4(C)[C@@H]3C[C@@H](OC(C)=O)[C@]12C. The number of aldehydes is 1. The second-order valence-electron chi connectivity index (χ2n) is 12.8. The number of carbonyl (C=O) groups is 3. The molecule has 0 amide bonds. The Labute approximate surface area is 199 Å². The number of esters is 2. The Balaban J connectivity index is 1.85. The van der Waals surface area contributed by atoms with Crippen LogP contribution in [0.1, 0.15) is 93.4 Å². The van der Waals surface area contributed by atoms with E-state index in [1.165, 1.54) is 39.5 Å². The molecule has 3 fully saturated rings. The van der Waals surface area contributed by atoms with Gasteiger partial charge in [-0.05, 0) is 72.5 Å². The normalized spacial score (nSPS) is 46.0. The summed E-state index contributed by atoms with van der Waals surface area (Å²) in [5.41, 5.74) is 0.375. The topological polar surface area (TPSA) is 69.7 Å². The van der Waals surface area contributed by atoms with E-state index in [0.29, 0.717) is 22.8 Å². The maximum Gasteiger partial charge on any atom is 0.303 e. The van der Waals surface area contributed by atoms with Gasteiger partial charge in [0.1, 0.15) is 18.5 Å². The molecule has 0 aromatic carbocycles. The minimum Gasteiger partial charge on any atom is -0.462 e. The van der Waals surface area contributed by atoms with Crippen LogP contribution in [0.5, 0.6) is 0 Å². The summed E-state index contributed by atoms with van der Waals surface area (Å²) in [5.74, 6) is 0.494. The van der Waals surface area contributed by atoms with E-state index in [9.17, 15) is 14.4 Å². The first-order valence-corrected chi connectivity index (χ1v) is 12.8. The fourth-order valence-corrected chi connectivity index (χ4v) is 9.49. The molecule has 4 rings (SSSR count). The van der Waals surface area contributed by atoms with Crippen molar-refractivity contribution in [2.24, 2.45) is 39.4 Å². The van der Waals surface area contributed by atoms with Crippen molar-refractivity contribution in [3.05, 3.63) is 11.6 Å². The third-order valence-electron chi connectivity index (χ3n) is 10.7. The van der Waals surface area contributed by atoms with E-state index in [-0.39, 0.29) is 22.7 Å². The summed E-state index contributed by atoms with van der Waals surface area (Å²) in [6.45, 7) is 14.7. The summed E-state index contributed by atoms with van der Waals surface area (Å²) in [7, 11) is 0. The Morgan fingerprint density at radius 3 is 2.15 bits per heavy atom. The van der Waals surface area contributed by atoms with Gasteiger partial charge in [-0.15, -0.1) is 0 Å². The van der Waals surface area contributed by atoms with E-state index in [1.54, 1.807) is 0 Å². The number of allylic oxidation sites excluding steroid dienone is 1. The molecule has 0 saturated heterocycles. The molecule has 5 nitrogen and oxygen atoms in total. The zero-order valence-corrected chi connectivity index (χ0v) is 21.5. The van der Waals surface area contributed by atoms with Crippen LogP contribution in [0.25, 0.3) is 0 Å². The van der Waals surface area contributed by atoms with Crippen molar-refractivity contribution in [1.82, 2.24) is 0 Å². The second kappa shape index (κ2) is 7.95. The Kier molecular flexibility index (Phi) is 5.90. The molecule has 4 aliphatic carbocycles. The fraction of sp³-hybridized carbons (Fsp3) is 0.821. The van der Waals surface area contributed by atoms with Crippen molar-refractivity contribution >= 4 is 18.2 Å². The van der Waals surface area contributed by atoms with Gasteiger partial charge in [0.2, 0.25) is 0 Å². The molecule has 0 unspecified atom stereocenters. The molecule has 184 valence electrons. The quantitative estimate of drug-likeness (QED) is 0.403. The zero-order valence-electron chi connectivity index (χ0n) is 21.5. The van der Waals surface area contributed by atoms with Crippen LogP contribution in [0.4, 0.5) is 0 Å². The fourth-order valence-electron chi connectivity index (χ4n) is 9.49. The van der Waals surface area contributed by atoms with Gasteiger partial charge >= 0.3 is 11.9 Å². The van der Waals surface area contributed by atoms with Gasteiger partial charge in [0.15, 0.2) is 0 Å². The number of hydrogen-bond donors (Lipinski definition) is 0. The molecule has 0 aliphatic heterocycles. The van der Waals surface area contributed by atoms with E-state index < -0.39 is 23.6 Å². The van der Waals surface area contributed by atoms with Crippen LogP contribution in [0.2, 0.25) is 0 Å². The van der Waals surface area contributed by atoms with Crippen LogP contribution in [0, 0.1) is 39.4 Å². The third-order valence-corrected chi connectivity index (χ3v) is 10.7. The molecular weight excluding hydrogens is 416 g/mol. The number of ether oxygens (including phenoxy) is 2. The van der Waals surface area contributed by atoms with E-state index in [0.717, 1.165) is 25.5 Å². The molecule has 0 heterocycles. The van der Waals surface area contributed by atoms with Crippen molar-refractivity contribution in [1.29, 1.82) is 0 Å². The van der Waals surface area contributed by atoms with Crippen LogP contribution in [0.3, 0.4) is 0 Å². The largest absolute Gasteiger partial charge is 0.462 e. The molecule has 0 bridgehead atoms. The second-order valence-corrected chi connectivity index (χ2v) is 12.8. The van der Waals surface area contributed by atoms with Gasteiger partial charge in [0.05, 0.1) is 0 Å². The molecule has 33 heavy (non-hydrogen) atoms. The molecule has 0 radical (unpaired) electrons.